The van der Waals surface area contributed by atoms with E-state index in [1.165, 1.54) is 12.8 Å². The van der Waals surface area contributed by atoms with Crippen molar-refractivity contribution in [2.75, 3.05) is 6.54 Å². The number of hydrogen-bond acceptors (Lipinski definition) is 2. The zero-order valence-corrected chi connectivity index (χ0v) is 7.97. The Bertz CT molecular complexity index is 190. The molecule has 1 saturated carbocycles. The van der Waals surface area contributed by atoms with Crippen molar-refractivity contribution in [1.82, 2.24) is 10.7 Å². The van der Waals surface area contributed by atoms with E-state index < -0.39 is 13.0 Å². The van der Waals surface area contributed by atoms with Crippen LogP contribution >= 0.6 is 0 Å². The summed E-state index contributed by atoms with van der Waals surface area (Å²) in [6.07, 6.45) is 2.02. The van der Waals surface area contributed by atoms with Crippen LogP contribution in [0.2, 0.25) is 0 Å². The third kappa shape index (κ3) is 3.87. The van der Waals surface area contributed by atoms with Crippen molar-refractivity contribution in [3.63, 3.8) is 0 Å². The Kier molecular flexibility index (Phi) is 4.58. The molecule has 0 amide bonds. The molecule has 0 aliphatic heterocycles. The van der Waals surface area contributed by atoms with E-state index in [1.807, 2.05) is 0 Å². The molecule has 1 rings (SSSR count). The second kappa shape index (κ2) is 5.74. The van der Waals surface area contributed by atoms with E-state index in [0.717, 1.165) is 12.8 Å². The van der Waals surface area contributed by atoms with Crippen LogP contribution in [0.15, 0.2) is 4.99 Å². The van der Waals surface area contributed by atoms with E-state index in [0.29, 0.717) is 6.04 Å². The molecule has 4 nitrogen and oxygen atoms in total. The number of nitrogens with zero attached hydrogens (tertiary/aromatic N) is 1. The lowest BCUT2D eigenvalue weighted by atomic mass is 10.2. The number of alkyl halides is 2. The first-order valence-electron chi connectivity index (χ1n) is 4.78. The van der Waals surface area contributed by atoms with Crippen LogP contribution in [0.25, 0.3) is 0 Å². The largest absolute Gasteiger partial charge is 0.353 e. The van der Waals surface area contributed by atoms with Gasteiger partial charge in [-0.25, -0.2) is 19.6 Å². The van der Waals surface area contributed by atoms with Gasteiger partial charge < -0.3 is 5.32 Å². The lowest BCUT2D eigenvalue weighted by molar-refractivity contribution is 0.158. The standard InChI is InChI=1S/C8H16F2N4/c9-7(10)5-12-8(14-11)13-6-3-1-2-4-6/h6-7H,1-5,11H2,(H2,12,13,14). The van der Waals surface area contributed by atoms with Gasteiger partial charge in [-0.1, -0.05) is 12.8 Å². The van der Waals surface area contributed by atoms with Gasteiger partial charge in [0.1, 0.15) is 6.54 Å². The van der Waals surface area contributed by atoms with Crippen LogP contribution < -0.4 is 16.6 Å². The highest BCUT2D eigenvalue weighted by Crippen LogP contribution is 2.17. The number of nitrogens with two attached hydrogens (primary N) is 1. The van der Waals surface area contributed by atoms with E-state index in [2.05, 4.69) is 15.7 Å². The first-order valence-corrected chi connectivity index (χ1v) is 4.78. The quantitative estimate of drug-likeness (QED) is 0.274. The molecule has 82 valence electrons. The number of aliphatic imine (C=N–C) groups is 1. The number of hydrazine groups is 1. The molecule has 0 atom stereocenters. The topological polar surface area (TPSA) is 62.4 Å². The number of rotatable bonds is 3. The summed E-state index contributed by atoms with van der Waals surface area (Å²) in [6, 6.07) is 0.322. The van der Waals surface area contributed by atoms with E-state index in [4.69, 9.17) is 5.84 Å². The van der Waals surface area contributed by atoms with Crippen molar-refractivity contribution < 1.29 is 8.78 Å². The van der Waals surface area contributed by atoms with Crippen LogP contribution in [0.5, 0.6) is 0 Å². The fraction of sp³-hybridized carbons (Fsp3) is 0.875. The van der Waals surface area contributed by atoms with Gasteiger partial charge in [0.2, 0.25) is 5.96 Å². The third-order valence-corrected chi connectivity index (χ3v) is 2.22. The van der Waals surface area contributed by atoms with Crippen molar-refractivity contribution in [2.24, 2.45) is 10.8 Å². The van der Waals surface area contributed by atoms with Crippen LogP contribution in [0.3, 0.4) is 0 Å². The third-order valence-electron chi connectivity index (χ3n) is 2.22. The molecular weight excluding hydrogens is 190 g/mol. The van der Waals surface area contributed by atoms with Gasteiger partial charge >= 0.3 is 0 Å². The highest BCUT2D eigenvalue weighted by molar-refractivity contribution is 5.79. The van der Waals surface area contributed by atoms with Crippen LogP contribution in [-0.4, -0.2) is 25.0 Å². The Morgan fingerprint density at radius 3 is 2.57 bits per heavy atom. The van der Waals surface area contributed by atoms with Gasteiger partial charge in [-0.15, -0.1) is 0 Å². The highest BCUT2D eigenvalue weighted by Gasteiger charge is 2.15. The van der Waals surface area contributed by atoms with Gasteiger partial charge in [-0.3, -0.25) is 5.43 Å². The van der Waals surface area contributed by atoms with Gasteiger partial charge in [-0.05, 0) is 12.8 Å². The van der Waals surface area contributed by atoms with Crippen molar-refractivity contribution in [3.8, 4) is 0 Å². The Morgan fingerprint density at radius 1 is 1.43 bits per heavy atom. The predicted octanol–water partition coefficient (Wildman–Crippen LogP) is 0.603. The summed E-state index contributed by atoms with van der Waals surface area (Å²) in [4.78, 5) is 3.62. The SMILES string of the molecule is NNC(=NCC(F)F)NC1CCCC1. The molecule has 0 aromatic carbocycles. The zero-order chi connectivity index (χ0) is 10.4. The van der Waals surface area contributed by atoms with Crippen molar-refractivity contribution >= 4 is 5.96 Å². The van der Waals surface area contributed by atoms with Gasteiger partial charge in [0, 0.05) is 6.04 Å². The zero-order valence-electron chi connectivity index (χ0n) is 7.97. The highest BCUT2D eigenvalue weighted by atomic mass is 19.3. The molecule has 4 N–H and O–H groups in total. The van der Waals surface area contributed by atoms with Gasteiger partial charge in [-0.2, -0.15) is 0 Å². The van der Waals surface area contributed by atoms with Crippen molar-refractivity contribution in [3.05, 3.63) is 0 Å². The summed E-state index contributed by atoms with van der Waals surface area (Å²) >= 11 is 0. The Hall–Kier alpha value is -0.910. The van der Waals surface area contributed by atoms with E-state index in [9.17, 15) is 8.78 Å². The lowest BCUT2D eigenvalue weighted by Crippen LogP contribution is -2.45. The Balaban J connectivity index is 2.32. The lowest BCUT2D eigenvalue weighted by Gasteiger charge is -2.14. The Labute approximate surface area is 81.9 Å². The molecule has 6 heteroatoms. The first-order chi connectivity index (χ1) is 6.72. The molecule has 14 heavy (non-hydrogen) atoms. The maximum absolute atomic E-state index is 11.8. The molecule has 1 fully saturated rings. The summed E-state index contributed by atoms with van der Waals surface area (Å²) in [5.74, 6) is 5.41. The van der Waals surface area contributed by atoms with E-state index in [-0.39, 0.29) is 5.96 Å². The van der Waals surface area contributed by atoms with Crippen molar-refractivity contribution in [1.29, 1.82) is 0 Å². The second-order valence-corrected chi connectivity index (χ2v) is 3.35. The minimum atomic E-state index is -2.43. The second-order valence-electron chi connectivity index (χ2n) is 3.35. The van der Waals surface area contributed by atoms with Gasteiger partial charge in [0.15, 0.2) is 0 Å². The minimum Gasteiger partial charge on any atom is -0.353 e. The summed E-state index contributed by atoms with van der Waals surface area (Å²) in [5, 5.41) is 3.00. The van der Waals surface area contributed by atoms with E-state index in [1.54, 1.807) is 0 Å². The maximum Gasteiger partial charge on any atom is 0.257 e. The summed E-state index contributed by atoms with van der Waals surface area (Å²) in [5.41, 5.74) is 2.29. The molecule has 1 aliphatic carbocycles. The molecule has 1 aliphatic rings. The average molecular weight is 206 g/mol. The molecule has 0 heterocycles. The van der Waals surface area contributed by atoms with Crippen LogP contribution in [0, 0.1) is 0 Å². The molecule has 0 radical (unpaired) electrons. The molecule has 0 aromatic rings. The van der Waals surface area contributed by atoms with Crippen LogP contribution in [0.1, 0.15) is 25.7 Å². The summed E-state index contributed by atoms with van der Waals surface area (Å²) in [6.45, 7) is -0.515. The molecular formula is C8H16F2N4. The Morgan fingerprint density at radius 2 is 2.07 bits per heavy atom. The normalized spacial score (nSPS) is 19.0. The van der Waals surface area contributed by atoms with Gasteiger partial charge in [0.05, 0.1) is 0 Å². The predicted molar refractivity (Wildman–Crippen MR) is 51.0 cm³/mol. The fourth-order valence-corrected chi connectivity index (χ4v) is 1.56. The fourth-order valence-electron chi connectivity index (χ4n) is 1.56. The van der Waals surface area contributed by atoms with E-state index >= 15 is 0 Å². The number of hydrogen-bond donors (Lipinski definition) is 3. The van der Waals surface area contributed by atoms with Crippen molar-refractivity contribution in [2.45, 2.75) is 38.2 Å². The van der Waals surface area contributed by atoms with Crippen LogP contribution in [0.4, 0.5) is 8.78 Å². The molecule has 0 spiro atoms. The number of halogens is 2. The number of guanidine groups is 1. The average Bonchev–Trinajstić information content (AvgIpc) is 2.64. The smallest absolute Gasteiger partial charge is 0.257 e. The minimum absolute atomic E-state index is 0.261. The molecule has 0 saturated heterocycles. The summed E-state index contributed by atoms with van der Waals surface area (Å²) < 4.78 is 23.7. The molecule has 0 bridgehead atoms. The van der Waals surface area contributed by atoms with Gasteiger partial charge in [0.25, 0.3) is 6.43 Å². The maximum atomic E-state index is 11.8. The van der Waals surface area contributed by atoms with Crippen LogP contribution in [-0.2, 0) is 0 Å². The molecule has 0 aromatic heterocycles. The molecule has 0 unspecified atom stereocenters. The number of nitrogens with one attached hydrogen (secondary N) is 2. The summed E-state index contributed by atoms with van der Waals surface area (Å²) in [7, 11) is 0. The monoisotopic (exact) mass is 206 g/mol. The first kappa shape index (κ1) is 11.2.